The molecule has 0 bridgehead atoms. The van der Waals surface area contributed by atoms with Gasteiger partial charge in [0, 0.05) is 12.5 Å². The molecule has 1 amide bonds. The molecule has 31 heavy (non-hydrogen) atoms. The molecule has 1 aliphatic rings. The van der Waals surface area contributed by atoms with Gasteiger partial charge < -0.3 is 24.3 Å². The van der Waals surface area contributed by atoms with Crippen LogP contribution in [-0.2, 0) is 11.2 Å². The van der Waals surface area contributed by atoms with Crippen LogP contribution in [0.5, 0.6) is 23.0 Å². The highest BCUT2D eigenvalue weighted by atomic mass is 16.5. The van der Waals surface area contributed by atoms with E-state index in [1.807, 2.05) is 6.07 Å². The van der Waals surface area contributed by atoms with Crippen LogP contribution in [0.25, 0.3) is 16.0 Å². The van der Waals surface area contributed by atoms with Crippen LogP contribution in [0.15, 0.2) is 23.0 Å². The van der Waals surface area contributed by atoms with Crippen LogP contribution in [0.4, 0.5) is 5.69 Å². The Kier molecular flexibility index (Phi) is 6.35. The molecule has 8 heteroatoms. The minimum absolute atomic E-state index is 0.0329. The van der Waals surface area contributed by atoms with Gasteiger partial charge in [0.25, 0.3) is 0 Å². The second-order valence-corrected chi connectivity index (χ2v) is 7.02. The molecule has 3 rings (SSSR count). The van der Waals surface area contributed by atoms with E-state index in [2.05, 4.69) is 10.2 Å². The van der Waals surface area contributed by atoms with Gasteiger partial charge in [-0.2, -0.15) is 0 Å². The molecule has 8 nitrogen and oxygen atoms in total. The molecule has 0 fully saturated rings. The first-order chi connectivity index (χ1) is 14.9. The first-order valence-corrected chi connectivity index (χ1v) is 9.63. The second-order valence-electron chi connectivity index (χ2n) is 7.02. The summed E-state index contributed by atoms with van der Waals surface area (Å²) >= 11 is 0. The Morgan fingerprint density at radius 2 is 1.71 bits per heavy atom. The van der Waals surface area contributed by atoms with Crippen LogP contribution < -0.4 is 29.7 Å². The number of rotatable bonds is 5. The summed E-state index contributed by atoms with van der Waals surface area (Å²) in [5.74, 6) is 1.16. The predicted molar refractivity (Wildman–Crippen MR) is 115 cm³/mol. The van der Waals surface area contributed by atoms with Crippen molar-refractivity contribution < 1.29 is 23.7 Å². The molecule has 0 spiro atoms. The van der Waals surface area contributed by atoms with Gasteiger partial charge in [0.1, 0.15) is 0 Å². The summed E-state index contributed by atoms with van der Waals surface area (Å²) in [6.07, 6.45) is 1.15. The third-order valence-corrected chi connectivity index (χ3v) is 5.31. The number of carbonyl (C=O) groups is 1. The van der Waals surface area contributed by atoms with Gasteiger partial charge in [-0.15, -0.1) is 0 Å². The molecule has 2 aromatic carbocycles. The average Bonchev–Trinajstić information content (AvgIpc) is 2.99. The van der Waals surface area contributed by atoms with Crippen LogP contribution in [0, 0.1) is 6.57 Å². The highest BCUT2D eigenvalue weighted by Gasteiger charge is 2.30. The molecule has 1 aliphatic carbocycles. The molecule has 1 N–H and O–H groups in total. The van der Waals surface area contributed by atoms with E-state index >= 15 is 0 Å². The molecule has 0 radical (unpaired) electrons. The minimum Gasteiger partial charge on any atom is -0.494 e. The molecule has 0 aliphatic heterocycles. The Morgan fingerprint density at radius 3 is 2.26 bits per heavy atom. The Labute approximate surface area is 180 Å². The molecule has 0 saturated carbocycles. The lowest BCUT2D eigenvalue weighted by Gasteiger charge is -2.20. The van der Waals surface area contributed by atoms with E-state index in [4.69, 9.17) is 25.5 Å². The topological polar surface area (TPSA) is 87.5 Å². The first-order valence-electron chi connectivity index (χ1n) is 9.63. The summed E-state index contributed by atoms with van der Waals surface area (Å²) in [4.78, 5) is 28.1. The predicted octanol–water partition coefficient (Wildman–Crippen LogP) is 3.42. The lowest BCUT2D eigenvalue weighted by Crippen LogP contribution is -2.26. The number of benzene rings is 1. The molecule has 162 valence electrons. The van der Waals surface area contributed by atoms with Gasteiger partial charge in [-0.25, -0.2) is 4.85 Å². The van der Waals surface area contributed by atoms with Crippen molar-refractivity contribution in [3.8, 4) is 34.1 Å². The number of hydrogen-bond donors (Lipinski definition) is 1. The maximum absolute atomic E-state index is 12.8. The highest BCUT2D eigenvalue weighted by Crippen LogP contribution is 2.50. The Bertz CT molecular complexity index is 1140. The van der Waals surface area contributed by atoms with Gasteiger partial charge in [-0.3, -0.25) is 9.59 Å². The molecule has 0 aromatic heterocycles. The smallest absolute Gasteiger partial charge is 0.237 e. The zero-order valence-electron chi connectivity index (χ0n) is 18.1. The monoisotopic (exact) mass is 424 g/mol. The van der Waals surface area contributed by atoms with Gasteiger partial charge >= 0.3 is 0 Å². The fourth-order valence-electron chi connectivity index (χ4n) is 3.99. The summed E-state index contributed by atoms with van der Waals surface area (Å²) in [6, 6.07) is 4.58. The van der Waals surface area contributed by atoms with E-state index in [1.54, 1.807) is 13.2 Å². The van der Waals surface area contributed by atoms with Gasteiger partial charge in [0.2, 0.25) is 22.8 Å². The zero-order valence-corrected chi connectivity index (χ0v) is 18.1. The number of fused-ring (bicyclic) bond motifs is 3. The number of aryl methyl sites for hydroxylation is 1. The summed E-state index contributed by atoms with van der Waals surface area (Å²) < 4.78 is 22.1. The van der Waals surface area contributed by atoms with Crippen molar-refractivity contribution in [2.45, 2.75) is 25.8 Å². The quantitative estimate of drug-likeness (QED) is 0.740. The summed E-state index contributed by atoms with van der Waals surface area (Å²) in [5.41, 5.74) is 2.21. The zero-order chi connectivity index (χ0) is 22.7. The van der Waals surface area contributed by atoms with Crippen molar-refractivity contribution in [2.24, 2.45) is 0 Å². The Balaban J connectivity index is 2.52. The molecule has 0 heterocycles. The van der Waals surface area contributed by atoms with Gasteiger partial charge in [0.05, 0.1) is 41.1 Å². The van der Waals surface area contributed by atoms with Crippen LogP contribution in [-0.4, -0.2) is 34.3 Å². The Morgan fingerprint density at radius 1 is 1.03 bits per heavy atom. The molecule has 1 atom stereocenters. The van der Waals surface area contributed by atoms with E-state index in [0.717, 1.165) is 5.56 Å². The summed E-state index contributed by atoms with van der Waals surface area (Å²) in [5, 5.41) is 2.95. The lowest BCUT2D eigenvalue weighted by molar-refractivity contribution is -0.119. The maximum atomic E-state index is 12.8. The van der Waals surface area contributed by atoms with E-state index in [0.29, 0.717) is 46.8 Å². The number of nitrogens with one attached hydrogen (secondary N) is 1. The average molecular weight is 424 g/mol. The lowest BCUT2D eigenvalue weighted by atomic mass is 9.95. The summed E-state index contributed by atoms with van der Waals surface area (Å²) in [7, 11) is 5.95. The Hall–Kier alpha value is -3.73. The van der Waals surface area contributed by atoms with Crippen molar-refractivity contribution in [1.29, 1.82) is 0 Å². The van der Waals surface area contributed by atoms with E-state index in [9.17, 15) is 9.59 Å². The largest absolute Gasteiger partial charge is 0.494 e. The summed E-state index contributed by atoms with van der Waals surface area (Å²) in [6.45, 7) is 8.96. The van der Waals surface area contributed by atoms with Crippen molar-refractivity contribution in [2.75, 3.05) is 28.4 Å². The van der Waals surface area contributed by atoms with E-state index < -0.39 is 11.5 Å². The van der Waals surface area contributed by atoms with Crippen LogP contribution in [0.2, 0.25) is 0 Å². The van der Waals surface area contributed by atoms with Crippen LogP contribution in [0.1, 0.15) is 30.5 Å². The van der Waals surface area contributed by atoms with Crippen LogP contribution in [0.3, 0.4) is 0 Å². The second kappa shape index (κ2) is 8.96. The molecule has 0 saturated heterocycles. The number of hydrogen-bond acceptors (Lipinski definition) is 6. The third kappa shape index (κ3) is 3.87. The van der Waals surface area contributed by atoms with Gasteiger partial charge in [-0.05, 0) is 47.7 Å². The minimum atomic E-state index is -0.520. The number of methoxy groups -OCH3 is 4. The van der Waals surface area contributed by atoms with Crippen LogP contribution >= 0.6 is 0 Å². The van der Waals surface area contributed by atoms with Crippen molar-refractivity contribution >= 4 is 11.6 Å². The molecule has 0 unspecified atom stereocenters. The number of ether oxygens (including phenoxy) is 4. The maximum Gasteiger partial charge on any atom is 0.237 e. The molecular formula is C23H24N2O6. The number of amides is 1. The van der Waals surface area contributed by atoms with Gasteiger partial charge in [-0.1, -0.05) is 0 Å². The first kappa shape index (κ1) is 22.0. The van der Waals surface area contributed by atoms with E-state index in [-0.39, 0.29) is 17.3 Å². The SMILES string of the molecule is [C-]#[N+]c1cc2c(cc(OC)c1=O)[C@@H](NC(C)=O)CCc1cc(OC)c(OC)c(OC)c1-2. The number of carbonyl (C=O) groups excluding carboxylic acids is 1. The fourth-order valence-corrected chi connectivity index (χ4v) is 3.99. The normalized spacial score (nSPS) is 14.3. The van der Waals surface area contributed by atoms with Crippen molar-refractivity contribution in [3.05, 3.63) is 51.0 Å². The van der Waals surface area contributed by atoms with E-state index in [1.165, 1.54) is 34.3 Å². The third-order valence-electron chi connectivity index (χ3n) is 5.31. The molecule has 2 aromatic rings. The standard InChI is InChI=1S/C23H24N2O6/c1-12(26)25-16-8-7-13-9-19(29-4)22(30-5)23(31-6)20(13)15-10-17(24-2)21(27)18(28-3)11-14(15)16/h9-11,16H,7-8H2,1,3-6H3,(H,25,26)/t16-/m0/s1. The van der Waals surface area contributed by atoms with Crippen molar-refractivity contribution in [1.82, 2.24) is 5.32 Å². The van der Waals surface area contributed by atoms with Crippen molar-refractivity contribution in [3.63, 3.8) is 0 Å². The fraction of sp³-hybridized carbons (Fsp3) is 0.348. The molecular weight excluding hydrogens is 400 g/mol. The van der Waals surface area contributed by atoms with Gasteiger partial charge in [0.15, 0.2) is 17.2 Å². The highest BCUT2D eigenvalue weighted by molar-refractivity contribution is 5.85. The number of nitrogens with zero attached hydrogens (tertiary/aromatic N) is 1.